The molecule has 30 heavy (non-hydrogen) atoms. The topological polar surface area (TPSA) is 76.4 Å². The van der Waals surface area contributed by atoms with Crippen molar-refractivity contribution in [3.8, 4) is 11.6 Å². The molecular weight excluding hydrogens is 376 g/mol. The number of nitrogens with zero attached hydrogens (tertiary/aromatic N) is 4. The van der Waals surface area contributed by atoms with Gasteiger partial charge < -0.3 is 15.4 Å². The van der Waals surface area contributed by atoms with Crippen molar-refractivity contribution in [3.05, 3.63) is 72.4 Å². The van der Waals surface area contributed by atoms with Crippen LogP contribution in [0.4, 0.5) is 0 Å². The Hall–Kier alpha value is -3.35. The third-order valence-electron chi connectivity index (χ3n) is 4.90. The smallest absolute Gasteiger partial charge is 0.191 e. The van der Waals surface area contributed by atoms with Crippen LogP contribution in [0.3, 0.4) is 0 Å². The minimum Gasteiger partial charge on any atom is -0.497 e. The van der Waals surface area contributed by atoms with Crippen molar-refractivity contribution < 1.29 is 4.74 Å². The lowest BCUT2D eigenvalue weighted by Crippen LogP contribution is -2.38. The molecule has 0 saturated heterocycles. The molecule has 7 nitrogen and oxygen atoms in total. The molecule has 0 aliphatic heterocycles. The lowest BCUT2D eigenvalue weighted by molar-refractivity contribution is 0.414. The summed E-state index contributed by atoms with van der Waals surface area (Å²) >= 11 is 0. The summed E-state index contributed by atoms with van der Waals surface area (Å²) in [6.07, 6.45) is 8.22. The molecule has 0 amide bonds. The molecule has 0 radical (unpaired) electrons. The maximum Gasteiger partial charge on any atom is 0.191 e. The van der Waals surface area contributed by atoms with Gasteiger partial charge in [0.05, 0.1) is 13.7 Å². The molecule has 0 aliphatic carbocycles. The Morgan fingerprint density at radius 2 is 2.00 bits per heavy atom. The number of aromatic nitrogens is 3. The SMILES string of the molecule is CCNC(=NCc1ccc(-n2ccnc2)nc1)NCCC(C)c1ccc(OC)cc1. The van der Waals surface area contributed by atoms with Gasteiger partial charge in [0, 0.05) is 31.7 Å². The van der Waals surface area contributed by atoms with E-state index in [4.69, 9.17) is 4.74 Å². The van der Waals surface area contributed by atoms with E-state index in [0.29, 0.717) is 12.5 Å². The summed E-state index contributed by atoms with van der Waals surface area (Å²) in [4.78, 5) is 13.2. The van der Waals surface area contributed by atoms with E-state index in [-0.39, 0.29) is 0 Å². The lowest BCUT2D eigenvalue weighted by atomic mass is 9.98. The van der Waals surface area contributed by atoms with E-state index in [1.807, 2.05) is 41.2 Å². The number of ether oxygens (including phenoxy) is 1. The Morgan fingerprint density at radius 3 is 2.63 bits per heavy atom. The molecular formula is C23H30N6O. The molecule has 2 aromatic heterocycles. The summed E-state index contributed by atoms with van der Waals surface area (Å²) < 4.78 is 7.11. The van der Waals surface area contributed by atoms with Gasteiger partial charge >= 0.3 is 0 Å². The molecule has 1 atom stereocenters. The largest absolute Gasteiger partial charge is 0.497 e. The van der Waals surface area contributed by atoms with Crippen LogP contribution in [-0.2, 0) is 6.54 Å². The fourth-order valence-corrected chi connectivity index (χ4v) is 3.08. The number of rotatable bonds is 9. The van der Waals surface area contributed by atoms with Gasteiger partial charge in [-0.2, -0.15) is 0 Å². The molecule has 0 bridgehead atoms. The number of hydrogen-bond donors (Lipinski definition) is 2. The summed E-state index contributed by atoms with van der Waals surface area (Å²) in [5, 5.41) is 6.73. The number of aliphatic imine (C=N–C) groups is 1. The molecule has 158 valence electrons. The van der Waals surface area contributed by atoms with E-state index in [0.717, 1.165) is 42.6 Å². The highest BCUT2D eigenvalue weighted by Gasteiger charge is 2.06. The number of hydrogen-bond acceptors (Lipinski definition) is 4. The van der Waals surface area contributed by atoms with E-state index in [1.54, 1.807) is 19.6 Å². The molecule has 1 unspecified atom stereocenters. The zero-order chi connectivity index (χ0) is 21.2. The van der Waals surface area contributed by atoms with Gasteiger partial charge in [0.1, 0.15) is 17.9 Å². The number of methoxy groups -OCH3 is 1. The van der Waals surface area contributed by atoms with Crippen LogP contribution in [-0.4, -0.2) is 40.7 Å². The van der Waals surface area contributed by atoms with Crippen LogP contribution in [0.25, 0.3) is 5.82 Å². The predicted octanol–water partition coefficient (Wildman–Crippen LogP) is 3.52. The van der Waals surface area contributed by atoms with Crippen molar-refractivity contribution in [2.75, 3.05) is 20.2 Å². The van der Waals surface area contributed by atoms with Crippen LogP contribution < -0.4 is 15.4 Å². The quantitative estimate of drug-likeness (QED) is 0.420. The molecule has 1 aromatic carbocycles. The maximum absolute atomic E-state index is 5.23. The van der Waals surface area contributed by atoms with E-state index in [9.17, 15) is 0 Å². The van der Waals surface area contributed by atoms with Crippen LogP contribution in [0.15, 0.2) is 66.3 Å². The number of pyridine rings is 1. The van der Waals surface area contributed by atoms with E-state index in [2.05, 4.69) is 51.6 Å². The number of imidazole rings is 1. The van der Waals surface area contributed by atoms with Gasteiger partial charge in [-0.25, -0.2) is 15.0 Å². The van der Waals surface area contributed by atoms with Crippen molar-refractivity contribution >= 4 is 5.96 Å². The van der Waals surface area contributed by atoms with Gasteiger partial charge in [0.2, 0.25) is 0 Å². The second kappa shape index (κ2) is 11.0. The van der Waals surface area contributed by atoms with Crippen LogP contribution >= 0.6 is 0 Å². The van der Waals surface area contributed by atoms with Crippen LogP contribution in [0.5, 0.6) is 5.75 Å². The summed E-state index contributed by atoms with van der Waals surface area (Å²) in [5.41, 5.74) is 2.37. The highest BCUT2D eigenvalue weighted by molar-refractivity contribution is 5.79. The van der Waals surface area contributed by atoms with Gasteiger partial charge in [-0.3, -0.25) is 4.57 Å². The first kappa shape index (κ1) is 21.4. The van der Waals surface area contributed by atoms with Crippen LogP contribution in [0, 0.1) is 0 Å². The summed E-state index contributed by atoms with van der Waals surface area (Å²) in [6.45, 7) is 6.54. The second-order valence-electron chi connectivity index (χ2n) is 7.08. The molecule has 2 N–H and O–H groups in total. The van der Waals surface area contributed by atoms with E-state index >= 15 is 0 Å². The number of guanidine groups is 1. The van der Waals surface area contributed by atoms with Crippen molar-refractivity contribution in [1.82, 2.24) is 25.2 Å². The fourth-order valence-electron chi connectivity index (χ4n) is 3.08. The van der Waals surface area contributed by atoms with Crippen LogP contribution in [0.2, 0.25) is 0 Å². The maximum atomic E-state index is 5.23. The molecule has 0 spiro atoms. The highest BCUT2D eigenvalue weighted by atomic mass is 16.5. The zero-order valence-corrected chi connectivity index (χ0v) is 17.9. The Balaban J connectivity index is 1.51. The number of benzene rings is 1. The average Bonchev–Trinajstić information content (AvgIpc) is 3.33. The Morgan fingerprint density at radius 1 is 1.17 bits per heavy atom. The summed E-state index contributed by atoms with van der Waals surface area (Å²) in [7, 11) is 1.69. The Labute approximate surface area is 178 Å². The van der Waals surface area contributed by atoms with Gasteiger partial charge in [-0.15, -0.1) is 0 Å². The van der Waals surface area contributed by atoms with Gasteiger partial charge in [0.25, 0.3) is 0 Å². The van der Waals surface area contributed by atoms with Gasteiger partial charge in [-0.1, -0.05) is 25.1 Å². The minimum atomic E-state index is 0.450. The minimum absolute atomic E-state index is 0.450. The van der Waals surface area contributed by atoms with E-state index in [1.165, 1.54) is 5.56 Å². The molecule has 0 saturated carbocycles. The Kier molecular flexibility index (Phi) is 7.83. The van der Waals surface area contributed by atoms with Gasteiger partial charge in [0.15, 0.2) is 5.96 Å². The first-order chi connectivity index (χ1) is 14.7. The first-order valence-electron chi connectivity index (χ1n) is 10.3. The van der Waals surface area contributed by atoms with Crippen molar-refractivity contribution in [2.24, 2.45) is 4.99 Å². The Bertz CT molecular complexity index is 904. The van der Waals surface area contributed by atoms with Gasteiger partial charge in [-0.05, 0) is 48.6 Å². The molecule has 3 aromatic rings. The third kappa shape index (κ3) is 6.07. The summed E-state index contributed by atoms with van der Waals surface area (Å²) in [6, 6.07) is 12.3. The first-order valence-corrected chi connectivity index (χ1v) is 10.3. The fraction of sp³-hybridized carbons (Fsp3) is 0.348. The third-order valence-corrected chi connectivity index (χ3v) is 4.90. The molecule has 2 heterocycles. The predicted molar refractivity (Wildman–Crippen MR) is 120 cm³/mol. The normalized spacial score (nSPS) is 12.4. The van der Waals surface area contributed by atoms with E-state index < -0.39 is 0 Å². The van der Waals surface area contributed by atoms with Crippen molar-refractivity contribution in [3.63, 3.8) is 0 Å². The molecule has 0 fully saturated rings. The number of nitrogens with one attached hydrogen (secondary N) is 2. The average molecular weight is 407 g/mol. The van der Waals surface area contributed by atoms with Crippen LogP contribution in [0.1, 0.15) is 37.3 Å². The second-order valence-corrected chi connectivity index (χ2v) is 7.08. The lowest BCUT2D eigenvalue weighted by Gasteiger charge is -2.15. The standard InChI is InChI=1S/C23H30N6O/c1-4-25-23(26-12-11-18(2)20-6-8-21(30-3)9-7-20)28-16-19-5-10-22(27-15-19)29-14-13-24-17-29/h5-10,13-15,17-18H,4,11-12,16H2,1-3H3,(H2,25,26,28). The molecule has 0 aliphatic rings. The molecule has 7 heteroatoms. The highest BCUT2D eigenvalue weighted by Crippen LogP contribution is 2.21. The van der Waals surface area contributed by atoms with Crippen molar-refractivity contribution in [2.45, 2.75) is 32.7 Å². The summed E-state index contributed by atoms with van der Waals surface area (Å²) in [5.74, 6) is 3.00. The zero-order valence-electron chi connectivity index (χ0n) is 17.9. The van der Waals surface area contributed by atoms with Crippen molar-refractivity contribution in [1.29, 1.82) is 0 Å². The monoisotopic (exact) mass is 406 g/mol. The molecule has 3 rings (SSSR count).